The predicted octanol–water partition coefficient (Wildman–Crippen LogP) is 6.95. The molecule has 2 unspecified atom stereocenters. The number of aryl methyl sites for hydroxylation is 2. The van der Waals surface area contributed by atoms with E-state index in [1.165, 1.54) is 32.7 Å². The molecular formula is C38H45NO7. The van der Waals surface area contributed by atoms with Gasteiger partial charge in [-0.05, 0) is 71.2 Å². The van der Waals surface area contributed by atoms with Gasteiger partial charge in [-0.2, -0.15) is 0 Å². The van der Waals surface area contributed by atoms with Crippen molar-refractivity contribution in [3.8, 4) is 0 Å². The second-order valence-electron chi connectivity index (χ2n) is 11.7. The molecule has 0 fully saturated rings. The third-order valence-electron chi connectivity index (χ3n) is 8.14. The first-order chi connectivity index (χ1) is 22.4. The Kier molecular flexibility index (Phi) is 14.0. The van der Waals surface area contributed by atoms with Crippen molar-refractivity contribution in [2.45, 2.75) is 76.4 Å². The number of rotatable bonds is 21. The van der Waals surface area contributed by atoms with E-state index in [1.54, 1.807) is 0 Å². The number of hydrogen-bond acceptors (Lipinski definition) is 5. The molecular weight excluding hydrogens is 582 g/mol. The Morgan fingerprint density at radius 3 is 1.67 bits per heavy atom. The van der Waals surface area contributed by atoms with E-state index in [0.29, 0.717) is 13.0 Å². The molecule has 0 heterocycles. The number of carbonyl (C=O) groups is 3. The highest BCUT2D eigenvalue weighted by atomic mass is 16.6. The summed E-state index contributed by atoms with van der Waals surface area (Å²) in [7, 11) is 0. The van der Waals surface area contributed by atoms with Crippen LogP contribution in [0.3, 0.4) is 0 Å². The summed E-state index contributed by atoms with van der Waals surface area (Å²) in [4.78, 5) is 35.9. The number of fused-ring (bicyclic) bond motifs is 2. The number of hydrogen-bond donors (Lipinski definition) is 3. The van der Waals surface area contributed by atoms with Crippen LogP contribution in [0, 0.1) is 0 Å². The Balaban J connectivity index is 1.16. The molecule has 0 aliphatic rings. The molecule has 0 aromatic heterocycles. The number of carbonyl (C=O) groups excluding carboxylic acids is 1. The Morgan fingerprint density at radius 1 is 0.587 bits per heavy atom. The van der Waals surface area contributed by atoms with Gasteiger partial charge in [0.1, 0.15) is 6.61 Å². The van der Waals surface area contributed by atoms with E-state index >= 15 is 0 Å². The lowest BCUT2D eigenvalue weighted by Crippen LogP contribution is -2.49. The standard InChI is InChI=1S/C38H45NO7/c40-34(41)27-46-36(38(43)44)35(45-24-12-4-6-14-29-20-22-31-16-8-10-18-33(31)26-29)37(42)39-23-11-3-1-2-5-13-28-19-21-30-15-7-9-17-32(30)25-28/h7-10,15-22,25-26,35-36H,1-6,11-14,23-24,27H2,(H,39,42)(H,40,41)(H,43,44). The lowest BCUT2D eigenvalue weighted by Gasteiger charge is -2.23. The average Bonchev–Trinajstić information content (AvgIpc) is 3.06. The number of carboxylic acid groups (broad SMARTS) is 2. The lowest BCUT2D eigenvalue weighted by molar-refractivity contribution is -0.172. The molecule has 0 saturated heterocycles. The molecule has 0 aliphatic carbocycles. The summed E-state index contributed by atoms with van der Waals surface area (Å²) in [5.41, 5.74) is 2.58. The molecule has 244 valence electrons. The van der Waals surface area contributed by atoms with E-state index in [-0.39, 0.29) is 6.61 Å². The zero-order valence-electron chi connectivity index (χ0n) is 26.4. The molecule has 46 heavy (non-hydrogen) atoms. The highest BCUT2D eigenvalue weighted by molar-refractivity contribution is 5.88. The summed E-state index contributed by atoms with van der Waals surface area (Å²) in [6, 6.07) is 29.6. The van der Waals surface area contributed by atoms with Crippen molar-refractivity contribution in [3.05, 3.63) is 96.1 Å². The van der Waals surface area contributed by atoms with Gasteiger partial charge in [0.05, 0.1) is 0 Å². The van der Waals surface area contributed by atoms with Gasteiger partial charge in [0.2, 0.25) is 0 Å². The Hall–Kier alpha value is -4.27. The van der Waals surface area contributed by atoms with Crippen molar-refractivity contribution in [1.82, 2.24) is 5.32 Å². The van der Waals surface area contributed by atoms with Crippen LogP contribution < -0.4 is 5.32 Å². The van der Waals surface area contributed by atoms with E-state index in [2.05, 4.69) is 72.0 Å². The summed E-state index contributed by atoms with van der Waals surface area (Å²) in [6.45, 7) is -0.303. The van der Waals surface area contributed by atoms with E-state index in [4.69, 9.17) is 14.6 Å². The van der Waals surface area contributed by atoms with Crippen LogP contribution in [0.4, 0.5) is 0 Å². The number of carboxylic acids is 2. The van der Waals surface area contributed by atoms with Crippen LogP contribution in [0.25, 0.3) is 21.5 Å². The molecule has 3 N–H and O–H groups in total. The summed E-state index contributed by atoms with van der Waals surface area (Å²) in [6.07, 6.45) is 6.01. The Bertz CT molecular complexity index is 1570. The van der Waals surface area contributed by atoms with Gasteiger partial charge >= 0.3 is 11.9 Å². The van der Waals surface area contributed by atoms with Crippen LogP contribution in [0.15, 0.2) is 84.9 Å². The van der Waals surface area contributed by atoms with Crippen LogP contribution in [-0.4, -0.2) is 60.0 Å². The van der Waals surface area contributed by atoms with Crippen LogP contribution in [-0.2, 0) is 36.7 Å². The predicted molar refractivity (Wildman–Crippen MR) is 180 cm³/mol. The second-order valence-corrected chi connectivity index (χ2v) is 11.7. The first kappa shape index (κ1) is 34.6. The summed E-state index contributed by atoms with van der Waals surface area (Å²) < 4.78 is 10.8. The minimum Gasteiger partial charge on any atom is -0.480 e. The van der Waals surface area contributed by atoms with E-state index < -0.39 is 36.7 Å². The van der Waals surface area contributed by atoms with E-state index in [0.717, 1.165) is 57.8 Å². The number of amides is 1. The Morgan fingerprint density at radius 2 is 1.11 bits per heavy atom. The highest BCUT2D eigenvalue weighted by Crippen LogP contribution is 2.19. The quantitative estimate of drug-likeness (QED) is 0.0854. The minimum absolute atomic E-state index is 0.160. The van der Waals surface area contributed by atoms with Crippen molar-refractivity contribution in [2.24, 2.45) is 0 Å². The number of benzene rings is 4. The van der Waals surface area contributed by atoms with Crippen LogP contribution >= 0.6 is 0 Å². The van der Waals surface area contributed by atoms with E-state index in [9.17, 15) is 19.5 Å². The van der Waals surface area contributed by atoms with Gasteiger partial charge in [0, 0.05) is 13.2 Å². The summed E-state index contributed by atoms with van der Waals surface area (Å²) >= 11 is 0. The fraction of sp³-hybridized carbons (Fsp3) is 0.395. The van der Waals surface area contributed by atoms with Gasteiger partial charge in [-0.1, -0.05) is 111 Å². The van der Waals surface area contributed by atoms with Gasteiger partial charge < -0.3 is 25.0 Å². The molecule has 2 atom stereocenters. The van der Waals surface area contributed by atoms with Crippen molar-refractivity contribution in [1.29, 1.82) is 0 Å². The van der Waals surface area contributed by atoms with Crippen molar-refractivity contribution in [3.63, 3.8) is 0 Å². The number of unbranched alkanes of at least 4 members (excludes halogenated alkanes) is 6. The van der Waals surface area contributed by atoms with E-state index in [1.807, 2.05) is 18.2 Å². The lowest BCUT2D eigenvalue weighted by atomic mass is 10.0. The maximum absolute atomic E-state index is 13.0. The SMILES string of the molecule is O=C(O)COC(C(=O)O)C(OCCCCCc1ccc2ccccc2c1)C(=O)NCCCCCCCc1ccc2ccccc2c1. The smallest absolute Gasteiger partial charge is 0.336 e. The molecule has 0 spiro atoms. The number of aliphatic carboxylic acids is 2. The molecule has 0 bridgehead atoms. The van der Waals surface area contributed by atoms with Gasteiger partial charge in [-0.3, -0.25) is 4.79 Å². The highest BCUT2D eigenvalue weighted by Gasteiger charge is 2.36. The maximum atomic E-state index is 13.0. The maximum Gasteiger partial charge on any atom is 0.336 e. The van der Waals surface area contributed by atoms with Crippen molar-refractivity contribution >= 4 is 39.4 Å². The minimum atomic E-state index is -1.72. The zero-order chi connectivity index (χ0) is 32.6. The molecule has 0 radical (unpaired) electrons. The van der Waals surface area contributed by atoms with Crippen LogP contribution in [0.2, 0.25) is 0 Å². The molecule has 4 aromatic carbocycles. The van der Waals surface area contributed by atoms with Gasteiger partial charge in [-0.15, -0.1) is 0 Å². The first-order valence-electron chi connectivity index (χ1n) is 16.3. The largest absolute Gasteiger partial charge is 0.480 e. The molecule has 1 amide bonds. The summed E-state index contributed by atoms with van der Waals surface area (Å²) in [5.74, 6) is -3.37. The first-order valence-corrected chi connectivity index (χ1v) is 16.3. The topological polar surface area (TPSA) is 122 Å². The van der Waals surface area contributed by atoms with Crippen molar-refractivity contribution < 1.29 is 34.1 Å². The number of nitrogens with one attached hydrogen (secondary N) is 1. The van der Waals surface area contributed by atoms with Crippen LogP contribution in [0.5, 0.6) is 0 Å². The summed E-state index contributed by atoms with van der Waals surface area (Å²) in [5, 5.41) is 26.4. The van der Waals surface area contributed by atoms with Crippen LogP contribution in [0.1, 0.15) is 62.5 Å². The zero-order valence-corrected chi connectivity index (χ0v) is 26.4. The van der Waals surface area contributed by atoms with Gasteiger partial charge in [-0.25, -0.2) is 9.59 Å². The normalized spacial score (nSPS) is 12.6. The van der Waals surface area contributed by atoms with Gasteiger partial charge in [0.15, 0.2) is 12.2 Å². The fourth-order valence-electron chi connectivity index (χ4n) is 5.65. The average molecular weight is 628 g/mol. The number of ether oxygens (including phenoxy) is 2. The fourth-order valence-corrected chi connectivity index (χ4v) is 5.65. The molecule has 8 nitrogen and oxygen atoms in total. The molecule has 4 aromatic rings. The third-order valence-corrected chi connectivity index (χ3v) is 8.14. The molecule has 4 rings (SSSR count). The van der Waals surface area contributed by atoms with Gasteiger partial charge in [0.25, 0.3) is 5.91 Å². The second kappa shape index (κ2) is 18.6. The third kappa shape index (κ3) is 11.3. The monoisotopic (exact) mass is 627 g/mol. The molecule has 0 saturated carbocycles. The molecule has 0 aliphatic heterocycles. The van der Waals surface area contributed by atoms with Crippen molar-refractivity contribution in [2.75, 3.05) is 19.8 Å². The molecule has 8 heteroatoms. The Labute approximate surface area is 270 Å².